The van der Waals surface area contributed by atoms with Crippen LogP contribution in [0.5, 0.6) is 0 Å². The second kappa shape index (κ2) is 10.4. The Labute approximate surface area is 167 Å². The molecule has 1 heterocycles. The Hall–Kier alpha value is -2.43. The lowest BCUT2D eigenvalue weighted by Gasteiger charge is -2.17. The SMILES string of the molecule is CNCCN(C)Cc1c[nH]nc1-c1cc(C(=O)NCCOC)cc(C(F)(F)F)c1. The molecule has 0 aliphatic rings. The van der Waals surface area contributed by atoms with Crippen LogP contribution in [-0.2, 0) is 17.5 Å². The van der Waals surface area contributed by atoms with Crippen molar-refractivity contribution in [3.63, 3.8) is 0 Å². The molecule has 0 unspecified atom stereocenters. The largest absolute Gasteiger partial charge is 0.416 e. The smallest absolute Gasteiger partial charge is 0.383 e. The molecule has 0 saturated carbocycles. The molecule has 0 saturated heterocycles. The molecule has 1 amide bonds. The number of H-pyrrole nitrogens is 1. The highest BCUT2D eigenvalue weighted by atomic mass is 19.4. The van der Waals surface area contributed by atoms with Crippen LogP contribution in [0.3, 0.4) is 0 Å². The van der Waals surface area contributed by atoms with Gasteiger partial charge in [0.1, 0.15) is 0 Å². The van der Waals surface area contributed by atoms with E-state index in [0.717, 1.165) is 30.8 Å². The first-order valence-electron chi connectivity index (χ1n) is 9.11. The van der Waals surface area contributed by atoms with E-state index in [1.807, 2.05) is 19.0 Å². The fraction of sp³-hybridized carbons (Fsp3) is 0.474. The molecule has 1 aromatic carbocycles. The number of benzene rings is 1. The molecule has 0 spiro atoms. The molecule has 0 radical (unpaired) electrons. The van der Waals surface area contributed by atoms with Crippen LogP contribution >= 0.6 is 0 Å². The van der Waals surface area contributed by atoms with Gasteiger partial charge in [0.05, 0.1) is 17.9 Å². The van der Waals surface area contributed by atoms with Crippen LogP contribution in [0.2, 0.25) is 0 Å². The lowest BCUT2D eigenvalue weighted by atomic mass is 10.0. The van der Waals surface area contributed by atoms with Gasteiger partial charge in [0.2, 0.25) is 0 Å². The first-order valence-corrected chi connectivity index (χ1v) is 9.11. The van der Waals surface area contributed by atoms with Gasteiger partial charge in [-0.25, -0.2) is 0 Å². The zero-order valence-electron chi connectivity index (χ0n) is 16.7. The molecule has 29 heavy (non-hydrogen) atoms. The van der Waals surface area contributed by atoms with Crippen LogP contribution in [0, 0.1) is 0 Å². The van der Waals surface area contributed by atoms with E-state index < -0.39 is 17.6 Å². The van der Waals surface area contributed by atoms with Crippen molar-refractivity contribution in [2.45, 2.75) is 12.7 Å². The summed E-state index contributed by atoms with van der Waals surface area (Å²) in [5, 5.41) is 12.4. The van der Waals surface area contributed by atoms with Crippen LogP contribution in [-0.4, -0.2) is 68.5 Å². The number of alkyl halides is 3. The summed E-state index contributed by atoms with van der Waals surface area (Å²) in [7, 11) is 5.23. The third kappa shape index (κ3) is 6.55. The van der Waals surface area contributed by atoms with Crippen LogP contribution in [0.1, 0.15) is 21.5 Å². The first kappa shape index (κ1) is 22.9. The normalized spacial score (nSPS) is 11.8. The van der Waals surface area contributed by atoms with Gasteiger partial charge >= 0.3 is 6.18 Å². The number of nitrogens with zero attached hydrogens (tertiary/aromatic N) is 2. The predicted octanol–water partition coefficient (Wildman–Crippen LogP) is 2.12. The molecule has 10 heteroatoms. The van der Waals surface area contributed by atoms with E-state index in [-0.39, 0.29) is 24.3 Å². The minimum Gasteiger partial charge on any atom is -0.383 e. The summed E-state index contributed by atoms with van der Waals surface area (Å²) in [5.41, 5.74) is 0.384. The molecule has 0 aliphatic carbocycles. The summed E-state index contributed by atoms with van der Waals surface area (Å²) in [5.74, 6) is -0.599. The van der Waals surface area contributed by atoms with E-state index in [0.29, 0.717) is 12.2 Å². The Morgan fingerprint density at radius 3 is 2.69 bits per heavy atom. The van der Waals surface area contributed by atoms with Gasteiger partial charge in [0.25, 0.3) is 5.91 Å². The predicted molar refractivity (Wildman–Crippen MR) is 103 cm³/mol. The minimum absolute atomic E-state index is 0.0802. The molecule has 0 atom stereocenters. The summed E-state index contributed by atoms with van der Waals surface area (Å²) < 4.78 is 45.1. The first-order chi connectivity index (χ1) is 13.8. The molecule has 2 aromatic rings. The van der Waals surface area contributed by atoms with Crippen molar-refractivity contribution in [1.82, 2.24) is 25.7 Å². The minimum atomic E-state index is -4.59. The van der Waals surface area contributed by atoms with Crippen molar-refractivity contribution >= 4 is 5.91 Å². The average Bonchev–Trinajstić information content (AvgIpc) is 3.13. The summed E-state index contributed by atoms with van der Waals surface area (Å²) in [6.45, 7) is 2.50. The highest BCUT2D eigenvalue weighted by Gasteiger charge is 2.32. The molecule has 2 rings (SSSR count). The van der Waals surface area contributed by atoms with Gasteiger partial charge in [0.15, 0.2) is 0 Å². The molecule has 0 fully saturated rings. The highest BCUT2D eigenvalue weighted by molar-refractivity contribution is 5.95. The van der Waals surface area contributed by atoms with E-state index >= 15 is 0 Å². The van der Waals surface area contributed by atoms with Crippen molar-refractivity contribution in [3.05, 3.63) is 41.1 Å². The molecule has 7 nitrogen and oxygen atoms in total. The Morgan fingerprint density at radius 1 is 1.28 bits per heavy atom. The summed E-state index contributed by atoms with van der Waals surface area (Å²) >= 11 is 0. The molecule has 3 N–H and O–H groups in total. The molecular formula is C19H26F3N5O2. The number of hydrogen-bond acceptors (Lipinski definition) is 5. The van der Waals surface area contributed by atoms with Gasteiger partial charge in [0, 0.05) is 56.2 Å². The summed E-state index contributed by atoms with van der Waals surface area (Å²) in [6.07, 6.45) is -2.93. The van der Waals surface area contributed by atoms with Crippen LogP contribution in [0.15, 0.2) is 24.4 Å². The average molecular weight is 413 g/mol. The number of aromatic amines is 1. The Bertz CT molecular complexity index is 807. The number of likely N-dealkylation sites (N-methyl/N-ethyl adjacent to an activating group) is 2. The second-order valence-corrected chi connectivity index (χ2v) is 6.65. The number of hydrogen-bond donors (Lipinski definition) is 3. The molecule has 160 valence electrons. The number of carbonyl (C=O) groups is 1. The Morgan fingerprint density at radius 2 is 2.03 bits per heavy atom. The fourth-order valence-electron chi connectivity index (χ4n) is 2.79. The molecule has 1 aromatic heterocycles. The summed E-state index contributed by atoms with van der Waals surface area (Å²) in [4.78, 5) is 14.3. The van der Waals surface area contributed by atoms with Gasteiger partial charge in [-0.1, -0.05) is 0 Å². The van der Waals surface area contributed by atoms with Crippen molar-refractivity contribution in [2.75, 3.05) is 47.4 Å². The van der Waals surface area contributed by atoms with Crippen molar-refractivity contribution < 1.29 is 22.7 Å². The number of rotatable bonds is 10. The van der Waals surface area contributed by atoms with Crippen LogP contribution < -0.4 is 10.6 Å². The zero-order chi connectivity index (χ0) is 21.4. The topological polar surface area (TPSA) is 82.3 Å². The number of carbonyl (C=O) groups excluding carboxylic acids is 1. The number of amides is 1. The van der Waals surface area contributed by atoms with E-state index in [2.05, 4.69) is 20.8 Å². The van der Waals surface area contributed by atoms with Gasteiger partial charge in [-0.3, -0.25) is 9.89 Å². The maximum atomic E-state index is 13.4. The van der Waals surface area contributed by atoms with Crippen molar-refractivity contribution in [2.24, 2.45) is 0 Å². The highest BCUT2D eigenvalue weighted by Crippen LogP contribution is 2.34. The van der Waals surface area contributed by atoms with E-state index in [9.17, 15) is 18.0 Å². The summed E-state index contributed by atoms with van der Waals surface area (Å²) in [6, 6.07) is 3.28. The standard InChI is InChI=1S/C19H26F3N5O2/c1-23-4-6-27(2)12-15-11-25-26-17(15)13-8-14(18(28)24-5-7-29-3)10-16(9-13)19(20,21)22/h8-11,23H,4-7,12H2,1-3H3,(H,24,28)(H,25,26). The lowest BCUT2D eigenvalue weighted by Crippen LogP contribution is -2.27. The van der Waals surface area contributed by atoms with Crippen molar-refractivity contribution in [3.8, 4) is 11.3 Å². The third-order valence-corrected chi connectivity index (χ3v) is 4.29. The second-order valence-electron chi connectivity index (χ2n) is 6.65. The number of ether oxygens (including phenoxy) is 1. The Kier molecular flexibility index (Phi) is 8.18. The van der Waals surface area contributed by atoms with Crippen LogP contribution in [0.25, 0.3) is 11.3 Å². The Balaban J connectivity index is 2.36. The maximum absolute atomic E-state index is 13.4. The van der Waals surface area contributed by atoms with E-state index in [4.69, 9.17) is 4.74 Å². The van der Waals surface area contributed by atoms with Crippen molar-refractivity contribution in [1.29, 1.82) is 0 Å². The lowest BCUT2D eigenvalue weighted by molar-refractivity contribution is -0.137. The van der Waals surface area contributed by atoms with Gasteiger partial charge in [-0.2, -0.15) is 18.3 Å². The van der Waals surface area contributed by atoms with Gasteiger partial charge in [-0.15, -0.1) is 0 Å². The molecule has 0 aliphatic heterocycles. The van der Waals surface area contributed by atoms with Gasteiger partial charge in [-0.05, 0) is 32.3 Å². The molecular weight excluding hydrogens is 387 g/mol. The fourth-order valence-corrected chi connectivity index (χ4v) is 2.79. The number of nitrogens with one attached hydrogen (secondary N) is 3. The number of aromatic nitrogens is 2. The quantitative estimate of drug-likeness (QED) is 0.520. The van der Waals surface area contributed by atoms with E-state index in [1.165, 1.54) is 13.2 Å². The number of methoxy groups -OCH3 is 1. The molecule has 0 bridgehead atoms. The maximum Gasteiger partial charge on any atom is 0.416 e. The third-order valence-electron chi connectivity index (χ3n) is 4.29. The zero-order valence-corrected chi connectivity index (χ0v) is 16.7. The van der Waals surface area contributed by atoms with Crippen LogP contribution in [0.4, 0.5) is 13.2 Å². The number of halogens is 3. The monoisotopic (exact) mass is 413 g/mol. The van der Waals surface area contributed by atoms with E-state index in [1.54, 1.807) is 6.20 Å². The van der Waals surface area contributed by atoms with Gasteiger partial charge < -0.3 is 20.3 Å².